The number of carbonyl (C=O) groups is 2. The number of benzene rings is 2. The number of hydrogen-bond donors (Lipinski definition) is 1. The second kappa shape index (κ2) is 8.38. The molecule has 0 aromatic heterocycles. The van der Waals surface area contributed by atoms with Crippen LogP contribution in [-0.2, 0) is 14.3 Å². The van der Waals surface area contributed by atoms with E-state index in [2.05, 4.69) is 5.32 Å². The van der Waals surface area contributed by atoms with Crippen molar-refractivity contribution < 1.29 is 33.1 Å². The van der Waals surface area contributed by atoms with Gasteiger partial charge in [-0.1, -0.05) is 12.1 Å². The molecule has 29 heavy (non-hydrogen) atoms. The number of ether oxygens (including phenoxy) is 3. The Morgan fingerprint density at radius 2 is 1.97 bits per heavy atom. The molecule has 1 aliphatic rings. The fraction of sp³-hybridized carbons (Fsp3) is 0.158. The number of nitro groups is 1. The molecule has 1 amide bonds. The van der Waals surface area contributed by atoms with Crippen LogP contribution in [-0.4, -0.2) is 29.7 Å². The van der Waals surface area contributed by atoms with Gasteiger partial charge in [0, 0.05) is 6.08 Å². The van der Waals surface area contributed by atoms with Gasteiger partial charge in [0.2, 0.25) is 6.79 Å². The molecule has 0 unspecified atom stereocenters. The number of halogens is 1. The highest BCUT2D eigenvalue weighted by Gasteiger charge is 2.23. The lowest BCUT2D eigenvalue weighted by Gasteiger charge is -2.12. The number of nitrogens with one attached hydrogen (secondary N) is 1. The van der Waals surface area contributed by atoms with Crippen LogP contribution in [0.4, 0.5) is 15.8 Å². The lowest BCUT2D eigenvalue weighted by atomic mass is 10.1. The molecule has 2 aromatic rings. The molecular weight excluding hydrogens is 387 g/mol. The zero-order valence-electron chi connectivity index (χ0n) is 15.1. The van der Waals surface area contributed by atoms with E-state index in [1.165, 1.54) is 49.4 Å². The minimum atomic E-state index is -1.22. The highest BCUT2D eigenvalue weighted by Crippen LogP contribution is 2.38. The van der Waals surface area contributed by atoms with Crippen molar-refractivity contribution in [2.24, 2.45) is 0 Å². The van der Waals surface area contributed by atoms with Gasteiger partial charge in [0.05, 0.1) is 22.2 Å². The molecule has 1 aliphatic heterocycles. The number of nitrogens with zero attached hydrogens (tertiary/aromatic N) is 1. The Hall–Kier alpha value is -3.95. The lowest BCUT2D eigenvalue weighted by molar-refractivity contribution is -0.385. The summed E-state index contributed by atoms with van der Waals surface area (Å²) in [5, 5.41) is 13.5. The van der Waals surface area contributed by atoms with Crippen LogP contribution in [0.1, 0.15) is 12.5 Å². The van der Waals surface area contributed by atoms with Crippen molar-refractivity contribution in [3.63, 3.8) is 0 Å². The number of hydrogen-bond acceptors (Lipinski definition) is 7. The van der Waals surface area contributed by atoms with E-state index in [9.17, 15) is 24.1 Å². The van der Waals surface area contributed by atoms with Gasteiger partial charge in [-0.05, 0) is 31.2 Å². The van der Waals surface area contributed by atoms with Gasteiger partial charge < -0.3 is 19.5 Å². The molecule has 2 aromatic carbocycles. The predicted molar refractivity (Wildman–Crippen MR) is 98.8 cm³/mol. The van der Waals surface area contributed by atoms with Crippen molar-refractivity contribution in [2.45, 2.75) is 13.0 Å². The summed E-state index contributed by atoms with van der Waals surface area (Å²) in [5.41, 5.74) is -0.241. The average molecular weight is 402 g/mol. The second-order valence-electron chi connectivity index (χ2n) is 5.90. The summed E-state index contributed by atoms with van der Waals surface area (Å²) >= 11 is 0. The minimum absolute atomic E-state index is 0.0491. The molecule has 0 spiro atoms. The zero-order chi connectivity index (χ0) is 21.0. The Morgan fingerprint density at radius 3 is 2.66 bits per heavy atom. The maximum atomic E-state index is 13.6. The monoisotopic (exact) mass is 402 g/mol. The first-order valence-electron chi connectivity index (χ1n) is 8.37. The van der Waals surface area contributed by atoms with Crippen LogP contribution in [0.3, 0.4) is 0 Å². The normalized spacial score (nSPS) is 13.2. The number of nitro benzene ring substituents is 1. The van der Waals surface area contributed by atoms with Crippen LogP contribution in [0.25, 0.3) is 6.08 Å². The summed E-state index contributed by atoms with van der Waals surface area (Å²) < 4.78 is 28.8. The van der Waals surface area contributed by atoms with Crippen LogP contribution < -0.4 is 14.8 Å². The number of esters is 1. The standard InChI is InChI=1S/C19H15FN2O7/c1-11(19(24)21-14-5-3-2-4-13(14)20)29-18(23)7-6-12-8-16-17(28-10-27-16)9-15(12)22(25)26/h2-9,11H,10H2,1H3,(H,21,24)/b7-6+/t11-/m1/s1. The molecule has 0 saturated heterocycles. The van der Waals surface area contributed by atoms with Gasteiger partial charge in [0.1, 0.15) is 5.82 Å². The Balaban J connectivity index is 1.66. The van der Waals surface area contributed by atoms with E-state index in [0.717, 1.165) is 6.08 Å². The van der Waals surface area contributed by atoms with Crippen LogP contribution >= 0.6 is 0 Å². The van der Waals surface area contributed by atoms with E-state index >= 15 is 0 Å². The van der Waals surface area contributed by atoms with Gasteiger partial charge >= 0.3 is 5.97 Å². The first-order chi connectivity index (χ1) is 13.8. The molecule has 1 heterocycles. The van der Waals surface area contributed by atoms with E-state index < -0.39 is 28.7 Å². The van der Waals surface area contributed by atoms with Gasteiger partial charge in [-0.25, -0.2) is 9.18 Å². The lowest BCUT2D eigenvalue weighted by Crippen LogP contribution is -2.29. The number of para-hydroxylation sites is 1. The van der Waals surface area contributed by atoms with Gasteiger partial charge in [0.15, 0.2) is 17.6 Å². The van der Waals surface area contributed by atoms with E-state index in [1.54, 1.807) is 0 Å². The largest absolute Gasteiger partial charge is 0.454 e. The molecule has 0 bridgehead atoms. The summed E-state index contributed by atoms with van der Waals surface area (Å²) in [4.78, 5) is 34.6. The molecule has 150 valence electrons. The minimum Gasteiger partial charge on any atom is -0.454 e. The topological polar surface area (TPSA) is 117 Å². The molecule has 9 nitrogen and oxygen atoms in total. The summed E-state index contributed by atoms with van der Waals surface area (Å²) in [6.45, 7) is 1.25. The number of rotatable bonds is 6. The SMILES string of the molecule is C[C@@H](OC(=O)/C=C/c1cc2c(cc1[N+](=O)[O-])OCO2)C(=O)Nc1ccccc1F. The van der Waals surface area contributed by atoms with Crippen LogP contribution in [0.15, 0.2) is 42.5 Å². The average Bonchev–Trinajstić information content (AvgIpc) is 3.14. The fourth-order valence-corrected chi connectivity index (χ4v) is 2.46. The summed E-state index contributed by atoms with van der Waals surface area (Å²) in [6.07, 6.45) is 0.889. The molecule has 3 rings (SSSR count). The number of amides is 1. The third kappa shape index (κ3) is 4.67. The third-order valence-corrected chi connectivity index (χ3v) is 3.91. The predicted octanol–water partition coefficient (Wildman–Crippen LogP) is 3.05. The molecule has 0 fully saturated rings. The highest BCUT2D eigenvalue weighted by atomic mass is 19.1. The van der Waals surface area contributed by atoms with Crippen molar-refractivity contribution in [1.82, 2.24) is 0 Å². The molecule has 0 radical (unpaired) electrons. The number of anilines is 1. The van der Waals surface area contributed by atoms with E-state index in [-0.39, 0.29) is 29.5 Å². The molecule has 10 heteroatoms. The van der Waals surface area contributed by atoms with E-state index in [1.807, 2.05) is 0 Å². The zero-order valence-corrected chi connectivity index (χ0v) is 15.1. The Bertz CT molecular complexity index is 1010. The second-order valence-corrected chi connectivity index (χ2v) is 5.90. The fourth-order valence-electron chi connectivity index (χ4n) is 2.46. The maximum Gasteiger partial charge on any atom is 0.331 e. The first kappa shape index (κ1) is 19.8. The number of fused-ring (bicyclic) bond motifs is 1. The van der Waals surface area contributed by atoms with Gasteiger partial charge in [-0.15, -0.1) is 0 Å². The molecule has 1 N–H and O–H groups in total. The first-order valence-corrected chi connectivity index (χ1v) is 8.37. The van der Waals surface area contributed by atoms with Gasteiger partial charge in [-0.3, -0.25) is 14.9 Å². The van der Waals surface area contributed by atoms with Crippen LogP contribution in [0, 0.1) is 15.9 Å². The maximum absolute atomic E-state index is 13.6. The number of carbonyl (C=O) groups excluding carboxylic acids is 2. The molecular formula is C19H15FN2O7. The smallest absolute Gasteiger partial charge is 0.331 e. The Morgan fingerprint density at radius 1 is 1.28 bits per heavy atom. The summed E-state index contributed by atoms with van der Waals surface area (Å²) in [5.74, 6) is -1.73. The summed E-state index contributed by atoms with van der Waals surface area (Å²) in [6, 6.07) is 8.09. The van der Waals surface area contributed by atoms with E-state index in [4.69, 9.17) is 14.2 Å². The molecule has 0 saturated carbocycles. The van der Waals surface area contributed by atoms with E-state index in [0.29, 0.717) is 5.75 Å². The van der Waals surface area contributed by atoms with Crippen molar-refractivity contribution >= 4 is 29.3 Å². The molecule has 0 aliphatic carbocycles. The highest BCUT2D eigenvalue weighted by molar-refractivity contribution is 5.96. The van der Waals surface area contributed by atoms with Gasteiger partial charge in [-0.2, -0.15) is 0 Å². The van der Waals surface area contributed by atoms with Crippen molar-refractivity contribution in [1.29, 1.82) is 0 Å². The van der Waals surface area contributed by atoms with Crippen LogP contribution in [0.5, 0.6) is 11.5 Å². The third-order valence-electron chi connectivity index (χ3n) is 3.91. The Kier molecular flexibility index (Phi) is 5.72. The quantitative estimate of drug-likeness (QED) is 0.342. The van der Waals surface area contributed by atoms with Gasteiger partial charge in [0.25, 0.3) is 11.6 Å². The van der Waals surface area contributed by atoms with Crippen LogP contribution in [0.2, 0.25) is 0 Å². The Labute approximate surface area is 163 Å². The van der Waals surface area contributed by atoms with Crippen molar-refractivity contribution in [3.05, 3.63) is 64.0 Å². The summed E-state index contributed by atoms with van der Waals surface area (Å²) in [7, 11) is 0. The van der Waals surface area contributed by atoms with Crippen molar-refractivity contribution in [2.75, 3.05) is 12.1 Å². The molecule has 1 atom stereocenters. The van der Waals surface area contributed by atoms with Crippen molar-refractivity contribution in [3.8, 4) is 11.5 Å².